The van der Waals surface area contributed by atoms with E-state index in [4.69, 9.17) is 9.15 Å². The second-order valence-corrected chi connectivity index (χ2v) is 7.42. The molecule has 3 atom stereocenters. The molecule has 2 N–H and O–H groups in total. The maximum atomic E-state index is 13.1. The van der Waals surface area contributed by atoms with Crippen molar-refractivity contribution in [1.29, 1.82) is 0 Å². The maximum Gasteiger partial charge on any atom is 0.391 e. The van der Waals surface area contributed by atoms with Gasteiger partial charge in [0.1, 0.15) is 5.76 Å². The molecule has 1 saturated heterocycles. The minimum atomic E-state index is -4.12. The van der Waals surface area contributed by atoms with Crippen molar-refractivity contribution in [1.82, 2.24) is 10.6 Å². The van der Waals surface area contributed by atoms with E-state index < -0.39 is 12.1 Å². The van der Waals surface area contributed by atoms with E-state index in [-0.39, 0.29) is 18.9 Å². The summed E-state index contributed by atoms with van der Waals surface area (Å²) in [5, 5.41) is 6.47. The Bertz CT molecular complexity index is 584. The van der Waals surface area contributed by atoms with Crippen molar-refractivity contribution in [3.05, 3.63) is 24.2 Å². The molecule has 0 spiro atoms. The van der Waals surface area contributed by atoms with Crippen LogP contribution < -0.4 is 10.6 Å². The second kappa shape index (κ2) is 9.48. The smallest absolute Gasteiger partial charge is 0.391 e. The number of nitrogens with zero attached hydrogens (tertiary/aromatic N) is 1. The number of guanidine groups is 1. The van der Waals surface area contributed by atoms with Crippen LogP contribution >= 0.6 is 0 Å². The number of hydrogen-bond donors (Lipinski definition) is 2. The third-order valence-corrected chi connectivity index (χ3v) is 5.25. The van der Waals surface area contributed by atoms with E-state index in [1.807, 2.05) is 12.1 Å². The van der Waals surface area contributed by atoms with E-state index in [1.165, 1.54) is 0 Å². The number of ether oxygens (including phenoxy) is 1. The largest absolute Gasteiger partial charge is 0.469 e. The summed E-state index contributed by atoms with van der Waals surface area (Å²) in [6.07, 6.45) is 0.816. The summed E-state index contributed by atoms with van der Waals surface area (Å²) in [6, 6.07) is 3.53. The maximum absolute atomic E-state index is 13.1. The van der Waals surface area contributed by atoms with Gasteiger partial charge in [-0.25, -0.2) is 0 Å². The van der Waals surface area contributed by atoms with E-state index >= 15 is 0 Å². The predicted molar refractivity (Wildman–Crippen MR) is 96.6 cm³/mol. The Morgan fingerprint density at radius 3 is 2.85 bits per heavy atom. The standard InChI is InChI=1S/C19H28F3N3O2/c20-19(21,22)15-3-1-4-16(11-15)25-18(24-12-14-7-10-26-13-14)23-8-6-17-5-2-9-27-17/h2,5,9,14-16H,1,3-4,6-8,10-13H2,(H2,23,24,25). The Labute approximate surface area is 157 Å². The summed E-state index contributed by atoms with van der Waals surface area (Å²) < 4.78 is 49.9. The van der Waals surface area contributed by atoms with Crippen molar-refractivity contribution >= 4 is 5.96 Å². The molecule has 0 aromatic carbocycles. The van der Waals surface area contributed by atoms with Crippen LogP contribution in [0.25, 0.3) is 0 Å². The van der Waals surface area contributed by atoms with Gasteiger partial charge in [0.05, 0.1) is 18.8 Å². The highest BCUT2D eigenvalue weighted by Gasteiger charge is 2.42. The molecule has 1 aromatic rings. The van der Waals surface area contributed by atoms with E-state index in [2.05, 4.69) is 15.6 Å². The van der Waals surface area contributed by atoms with E-state index in [9.17, 15) is 13.2 Å². The Kier molecular flexibility index (Phi) is 7.04. The van der Waals surface area contributed by atoms with Crippen LogP contribution in [0.1, 0.15) is 37.9 Å². The molecule has 0 amide bonds. The molecule has 3 rings (SSSR count). The van der Waals surface area contributed by atoms with E-state index in [0.717, 1.165) is 25.2 Å². The average Bonchev–Trinajstić information content (AvgIpc) is 3.33. The Hall–Kier alpha value is -1.70. The van der Waals surface area contributed by atoms with Crippen LogP contribution in [0.4, 0.5) is 13.2 Å². The third kappa shape index (κ3) is 6.45. The second-order valence-electron chi connectivity index (χ2n) is 7.42. The lowest BCUT2D eigenvalue weighted by molar-refractivity contribution is -0.183. The molecule has 0 bridgehead atoms. The van der Waals surface area contributed by atoms with Gasteiger partial charge in [-0.3, -0.25) is 4.99 Å². The zero-order valence-corrected chi connectivity index (χ0v) is 15.4. The van der Waals surface area contributed by atoms with Crippen LogP contribution in [0.15, 0.2) is 27.8 Å². The number of halogens is 3. The lowest BCUT2D eigenvalue weighted by atomic mass is 9.85. The molecular formula is C19H28F3N3O2. The summed E-state index contributed by atoms with van der Waals surface area (Å²) in [7, 11) is 0. The van der Waals surface area contributed by atoms with Crippen molar-refractivity contribution in [2.45, 2.75) is 50.7 Å². The summed E-state index contributed by atoms with van der Waals surface area (Å²) in [5.74, 6) is 0.599. The molecule has 2 aliphatic rings. The fourth-order valence-electron chi connectivity index (χ4n) is 3.67. The number of aliphatic imine (C=N–C) groups is 1. The van der Waals surface area contributed by atoms with E-state index in [1.54, 1.807) is 6.26 Å². The molecule has 2 fully saturated rings. The molecule has 1 saturated carbocycles. The molecule has 8 heteroatoms. The zero-order valence-electron chi connectivity index (χ0n) is 15.4. The lowest BCUT2D eigenvalue weighted by Crippen LogP contribution is -2.47. The highest BCUT2D eigenvalue weighted by molar-refractivity contribution is 5.80. The van der Waals surface area contributed by atoms with Crippen molar-refractivity contribution < 1.29 is 22.3 Å². The van der Waals surface area contributed by atoms with Crippen LogP contribution in [0, 0.1) is 11.8 Å². The Balaban J connectivity index is 1.55. The molecule has 152 valence electrons. The van der Waals surface area contributed by atoms with Gasteiger partial charge >= 0.3 is 6.18 Å². The molecule has 1 aliphatic heterocycles. The molecular weight excluding hydrogens is 359 g/mol. The van der Waals surface area contributed by atoms with Crippen LogP contribution in [0.5, 0.6) is 0 Å². The molecule has 27 heavy (non-hydrogen) atoms. The minimum Gasteiger partial charge on any atom is -0.469 e. The highest BCUT2D eigenvalue weighted by atomic mass is 19.4. The number of hydrogen-bond acceptors (Lipinski definition) is 3. The highest BCUT2D eigenvalue weighted by Crippen LogP contribution is 2.37. The zero-order chi connectivity index (χ0) is 19.1. The summed E-state index contributed by atoms with van der Waals surface area (Å²) >= 11 is 0. The number of alkyl halides is 3. The molecule has 2 heterocycles. The van der Waals surface area contributed by atoms with Crippen molar-refractivity contribution in [3.63, 3.8) is 0 Å². The van der Waals surface area contributed by atoms with Gasteiger partial charge in [0, 0.05) is 38.1 Å². The SMILES string of the molecule is FC(F)(F)C1CCCC(NC(=NCC2CCOC2)NCCc2ccco2)C1. The van der Waals surface area contributed by atoms with Crippen LogP contribution in [-0.2, 0) is 11.2 Å². The van der Waals surface area contributed by atoms with Crippen molar-refractivity contribution in [3.8, 4) is 0 Å². The van der Waals surface area contributed by atoms with Gasteiger partial charge in [-0.05, 0) is 37.8 Å². The minimum absolute atomic E-state index is 0.106. The summed E-state index contributed by atoms with van der Waals surface area (Å²) in [6.45, 7) is 2.68. The van der Waals surface area contributed by atoms with E-state index in [0.29, 0.717) is 44.4 Å². The molecule has 3 unspecified atom stereocenters. The van der Waals surface area contributed by atoms with Gasteiger partial charge < -0.3 is 19.8 Å². The Morgan fingerprint density at radius 2 is 2.15 bits per heavy atom. The molecule has 1 aromatic heterocycles. The lowest BCUT2D eigenvalue weighted by Gasteiger charge is -2.32. The number of nitrogens with one attached hydrogen (secondary N) is 2. The molecule has 1 aliphatic carbocycles. The normalized spacial score (nSPS) is 26.9. The van der Waals surface area contributed by atoms with Crippen LogP contribution in [-0.4, -0.2) is 44.5 Å². The fraction of sp³-hybridized carbons (Fsp3) is 0.737. The first kappa shape index (κ1) is 20.0. The van der Waals surface area contributed by atoms with Crippen LogP contribution in [0.3, 0.4) is 0 Å². The number of rotatable bonds is 6. The molecule has 5 nitrogen and oxygen atoms in total. The third-order valence-electron chi connectivity index (χ3n) is 5.25. The van der Waals surface area contributed by atoms with Gasteiger partial charge in [0.2, 0.25) is 0 Å². The van der Waals surface area contributed by atoms with Gasteiger partial charge in [-0.1, -0.05) is 6.42 Å². The van der Waals surface area contributed by atoms with Crippen molar-refractivity contribution in [2.24, 2.45) is 16.8 Å². The monoisotopic (exact) mass is 387 g/mol. The molecule has 0 radical (unpaired) electrons. The number of furan rings is 1. The average molecular weight is 387 g/mol. The predicted octanol–water partition coefficient (Wildman–Crippen LogP) is 3.51. The van der Waals surface area contributed by atoms with Crippen molar-refractivity contribution in [2.75, 3.05) is 26.3 Å². The quantitative estimate of drug-likeness (QED) is 0.579. The van der Waals surface area contributed by atoms with Gasteiger partial charge in [-0.2, -0.15) is 13.2 Å². The first-order chi connectivity index (χ1) is 13.0. The first-order valence-electron chi connectivity index (χ1n) is 9.72. The van der Waals surface area contributed by atoms with Crippen LogP contribution in [0.2, 0.25) is 0 Å². The van der Waals surface area contributed by atoms with Gasteiger partial charge in [0.15, 0.2) is 5.96 Å². The summed E-state index contributed by atoms with van der Waals surface area (Å²) in [5.41, 5.74) is 0. The topological polar surface area (TPSA) is 58.8 Å². The summed E-state index contributed by atoms with van der Waals surface area (Å²) in [4.78, 5) is 4.61. The van der Waals surface area contributed by atoms with Gasteiger partial charge in [-0.15, -0.1) is 0 Å². The first-order valence-corrected chi connectivity index (χ1v) is 9.72. The van der Waals surface area contributed by atoms with Gasteiger partial charge in [0.25, 0.3) is 0 Å². The fourth-order valence-corrected chi connectivity index (χ4v) is 3.67. The Morgan fingerprint density at radius 1 is 1.26 bits per heavy atom.